The Bertz CT molecular complexity index is 466. The number of aromatic nitrogens is 1. The van der Waals surface area contributed by atoms with Crippen LogP contribution in [0.1, 0.15) is 5.89 Å². The van der Waals surface area contributed by atoms with Crippen LogP contribution >= 0.6 is 0 Å². The van der Waals surface area contributed by atoms with Crippen LogP contribution in [0.25, 0.3) is 17.2 Å². The summed E-state index contributed by atoms with van der Waals surface area (Å²) in [5, 5.41) is 10.1. The van der Waals surface area contributed by atoms with E-state index in [-0.39, 0.29) is 5.89 Å². The smallest absolute Gasteiger partial charge is 0.220 e. The molecule has 0 fully saturated rings. The van der Waals surface area contributed by atoms with Crippen molar-refractivity contribution in [2.45, 2.75) is 0 Å². The Balaban J connectivity index is 2.40. The van der Waals surface area contributed by atoms with Crippen LogP contribution in [0, 0.1) is 0 Å². The lowest BCUT2D eigenvalue weighted by molar-refractivity contribution is -0.297. The standard InChI is InChI=1S/C10H7NO3/c12-10(13)6-5-9-11-7-3-1-2-4-8(7)14-9/h1-6H,(H,12,13)/p-1/b6-5+. The van der Waals surface area contributed by atoms with Crippen LogP contribution in [-0.4, -0.2) is 11.0 Å². The molecule has 1 heterocycles. The SMILES string of the molecule is O=C([O-])/C=C/c1nc2ccccc2o1. The minimum absolute atomic E-state index is 0.260. The third-order valence-electron chi connectivity index (χ3n) is 1.67. The molecule has 14 heavy (non-hydrogen) atoms. The van der Waals surface area contributed by atoms with E-state index in [1.54, 1.807) is 12.1 Å². The summed E-state index contributed by atoms with van der Waals surface area (Å²) in [6.45, 7) is 0. The number of carbonyl (C=O) groups is 1. The van der Waals surface area contributed by atoms with Gasteiger partial charge in [-0.15, -0.1) is 0 Å². The summed E-state index contributed by atoms with van der Waals surface area (Å²) in [6.07, 6.45) is 2.14. The van der Waals surface area contributed by atoms with Crippen molar-refractivity contribution in [1.29, 1.82) is 0 Å². The van der Waals surface area contributed by atoms with Crippen molar-refractivity contribution in [2.75, 3.05) is 0 Å². The minimum atomic E-state index is -1.27. The molecule has 0 saturated heterocycles. The van der Waals surface area contributed by atoms with Crippen molar-refractivity contribution in [3.05, 3.63) is 36.2 Å². The molecule has 0 amide bonds. The quantitative estimate of drug-likeness (QED) is 0.647. The van der Waals surface area contributed by atoms with E-state index in [1.165, 1.54) is 6.08 Å². The molecule has 0 unspecified atom stereocenters. The average molecular weight is 188 g/mol. The zero-order valence-electron chi connectivity index (χ0n) is 7.14. The van der Waals surface area contributed by atoms with Gasteiger partial charge in [0.2, 0.25) is 5.89 Å². The number of carbonyl (C=O) groups excluding carboxylic acids is 1. The molecule has 0 atom stereocenters. The molecule has 0 aliphatic carbocycles. The van der Waals surface area contributed by atoms with Gasteiger partial charge in [0.15, 0.2) is 5.58 Å². The molecule has 2 aromatic rings. The van der Waals surface area contributed by atoms with Crippen molar-refractivity contribution in [1.82, 2.24) is 4.98 Å². The van der Waals surface area contributed by atoms with Gasteiger partial charge in [-0.05, 0) is 18.2 Å². The summed E-state index contributed by atoms with van der Waals surface area (Å²) >= 11 is 0. The molecule has 4 nitrogen and oxygen atoms in total. The number of hydrogen-bond donors (Lipinski definition) is 0. The Morgan fingerprint density at radius 2 is 2.21 bits per heavy atom. The molecular weight excluding hydrogens is 182 g/mol. The van der Waals surface area contributed by atoms with E-state index in [9.17, 15) is 9.90 Å². The maximum atomic E-state index is 10.1. The molecule has 1 aromatic carbocycles. The summed E-state index contributed by atoms with van der Waals surface area (Å²) in [4.78, 5) is 14.2. The van der Waals surface area contributed by atoms with E-state index in [1.807, 2.05) is 12.1 Å². The van der Waals surface area contributed by atoms with Gasteiger partial charge < -0.3 is 14.3 Å². The lowest BCUT2D eigenvalue weighted by Gasteiger charge is -1.86. The van der Waals surface area contributed by atoms with Crippen LogP contribution in [0.4, 0.5) is 0 Å². The predicted molar refractivity (Wildman–Crippen MR) is 48.1 cm³/mol. The Kier molecular flexibility index (Phi) is 2.02. The van der Waals surface area contributed by atoms with Gasteiger partial charge in [-0.3, -0.25) is 0 Å². The van der Waals surface area contributed by atoms with Crippen LogP contribution in [0.2, 0.25) is 0 Å². The number of carboxylic acid groups (broad SMARTS) is 1. The van der Waals surface area contributed by atoms with Crippen molar-refractivity contribution >= 4 is 23.1 Å². The summed E-state index contributed by atoms with van der Waals surface area (Å²) in [5.41, 5.74) is 1.33. The second-order valence-corrected chi connectivity index (χ2v) is 2.67. The highest BCUT2D eigenvalue weighted by Gasteiger charge is 2.00. The van der Waals surface area contributed by atoms with Crippen molar-refractivity contribution in [2.24, 2.45) is 0 Å². The Hall–Kier alpha value is -2.10. The van der Waals surface area contributed by atoms with E-state index < -0.39 is 5.97 Å². The highest BCUT2D eigenvalue weighted by molar-refractivity contribution is 5.83. The van der Waals surface area contributed by atoms with Crippen molar-refractivity contribution in [3.8, 4) is 0 Å². The predicted octanol–water partition coefficient (Wildman–Crippen LogP) is 0.591. The lowest BCUT2D eigenvalue weighted by atomic mass is 10.3. The summed E-state index contributed by atoms with van der Waals surface area (Å²) in [6, 6.07) is 7.20. The first-order valence-electron chi connectivity index (χ1n) is 4.00. The molecular formula is C10H6NO3-. The van der Waals surface area contributed by atoms with Gasteiger partial charge in [0.05, 0.1) is 5.97 Å². The number of hydrogen-bond acceptors (Lipinski definition) is 4. The molecule has 4 heteroatoms. The maximum Gasteiger partial charge on any atom is 0.220 e. The number of carboxylic acids is 1. The Labute approximate surface area is 79.5 Å². The molecule has 70 valence electrons. The molecule has 1 aromatic heterocycles. The molecule has 0 aliphatic heterocycles. The van der Waals surface area contributed by atoms with E-state index in [2.05, 4.69) is 4.98 Å². The molecule has 2 rings (SSSR count). The molecule has 0 spiro atoms. The van der Waals surface area contributed by atoms with Crippen molar-refractivity contribution in [3.63, 3.8) is 0 Å². The highest BCUT2D eigenvalue weighted by Crippen LogP contribution is 2.15. The summed E-state index contributed by atoms with van der Waals surface area (Å²) < 4.78 is 5.23. The van der Waals surface area contributed by atoms with Crippen LogP contribution in [-0.2, 0) is 4.79 Å². The molecule has 0 bridgehead atoms. The summed E-state index contributed by atoms with van der Waals surface area (Å²) in [5.74, 6) is -1.01. The zero-order chi connectivity index (χ0) is 9.97. The van der Waals surface area contributed by atoms with Gasteiger partial charge in [0.1, 0.15) is 5.52 Å². The van der Waals surface area contributed by atoms with Gasteiger partial charge >= 0.3 is 0 Å². The fourth-order valence-electron chi connectivity index (χ4n) is 1.10. The zero-order valence-corrected chi connectivity index (χ0v) is 7.14. The van der Waals surface area contributed by atoms with E-state index >= 15 is 0 Å². The van der Waals surface area contributed by atoms with Crippen molar-refractivity contribution < 1.29 is 14.3 Å². The highest BCUT2D eigenvalue weighted by atomic mass is 16.4. The first-order chi connectivity index (χ1) is 6.75. The number of benzene rings is 1. The molecule has 0 N–H and O–H groups in total. The largest absolute Gasteiger partial charge is 0.545 e. The van der Waals surface area contributed by atoms with Gasteiger partial charge in [-0.1, -0.05) is 12.1 Å². The van der Waals surface area contributed by atoms with Crippen LogP contribution in [0.15, 0.2) is 34.8 Å². The Morgan fingerprint density at radius 3 is 2.93 bits per heavy atom. The van der Waals surface area contributed by atoms with Gasteiger partial charge in [0, 0.05) is 6.08 Å². The van der Waals surface area contributed by atoms with Gasteiger partial charge in [0.25, 0.3) is 0 Å². The van der Waals surface area contributed by atoms with E-state index in [4.69, 9.17) is 4.42 Å². The minimum Gasteiger partial charge on any atom is -0.545 e. The topological polar surface area (TPSA) is 66.2 Å². The number of aliphatic carboxylic acids is 1. The number of nitrogens with zero attached hydrogens (tertiary/aromatic N) is 1. The normalized spacial score (nSPS) is 11.1. The first kappa shape index (κ1) is 8.50. The second-order valence-electron chi connectivity index (χ2n) is 2.67. The number of oxazole rings is 1. The number of rotatable bonds is 2. The first-order valence-corrected chi connectivity index (χ1v) is 4.00. The summed E-state index contributed by atoms with van der Waals surface area (Å²) in [7, 11) is 0. The fourth-order valence-corrected chi connectivity index (χ4v) is 1.10. The third kappa shape index (κ3) is 1.64. The van der Waals surface area contributed by atoms with Crippen LogP contribution in [0.5, 0.6) is 0 Å². The fraction of sp³-hybridized carbons (Fsp3) is 0. The third-order valence-corrected chi connectivity index (χ3v) is 1.67. The monoisotopic (exact) mass is 188 g/mol. The average Bonchev–Trinajstić information content (AvgIpc) is 2.57. The Morgan fingerprint density at radius 1 is 1.43 bits per heavy atom. The van der Waals surface area contributed by atoms with E-state index in [0.717, 1.165) is 6.08 Å². The molecule has 0 saturated carbocycles. The second kappa shape index (κ2) is 3.33. The maximum absolute atomic E-state index is 10.1. The van der Waals surface area contributed by atoms with Gasteiger partial charge in [-0.2, -0.15) is 0 Å². The van der Waals surface area contributed by atoms with Gasteiger partial charge in [-0.25, -0.2) is 4.98 Å². The molecule has 0 radical (unpaired) electrons. The molecule has 0 aliphatic rings. The van der Waals surface area contributed by atoms with Crippen LogP contribution in [0.3, 0.4) is 0 Å². The van der Waals surface area contributed by atoms with E-state index in [0.29, 0.717) is 11.1 Å². The number of para-hydroxylation sites is 2. The van der Waals surface area contributed by atoms with Crippen LogP contribution < -0.4 is 5.11 Å². The lowest BCUT2D eigenvalue weighted by Crippen LogP contribution is -2.18. The number of fused-ring (bicyclic) bond motifs is 1.